The predicted octanol–water partition coefficient (Wildman–Crippen LogP) is 5.77. The summed E-state index contributed by atoms with van der Waals surface area (Å²) >= 11 is 0. The van der Waals surface area contributed by atoms with Crippen molar-refractivity contribution in [1.82, 2.24) is 24.8 Å². The van der Waals surface area contributed by atoms with Gasteiger partial charge in [0.25, 0.3) is 5.89 Å². The number of aromatic nitrogens is 4. The van der Waals surface area contributed by atoms with Crippen LogP contribution in [0.5, 0.6) is 0 Å². The first-order valence-electron chi connectivity index (χ1n) is 13.4. The fourth-order valence-electron chi connectivity index (χ4n) is 5.79. The molecule has 3 aromatic rings. The summed E-state index contributed by atoms with van der Waals surface area (Å²) in [5.74, 6) is -0.845. The Morgan fingerprint density at radius 2 is 1.82 bits per heavy atom. The summed E-state index contributed by atoms with van der Waals surface area (Å²) in [4.78, 5) is 17.3. The Kier molecular flexibility index (Phi) is 9.52. The molecule has 1 saturated heterocycles. The third-order valence-electron chi connectivity index (χ3n) is 7.69. The number of carboxylic acids is 1. The van der Waals surface area contributed by atoms with E-state index in [1.807, 2.05) is 0 Å². The molecule has 2 fully saturated rings. The molecule has 1 saturated carbocycles. The van der Waals surface area contributed by atoms with Crippen LogP contribution in [0.15, 0.2) is 35.0 Å². The zero-order chi connectivity index (χ0) is 27.6. The van der Waals surface area contributed by atoms with Gasteiger partial charge < -0.3 is 19.6 Å². The second-order valence-corrected chi connectivity index (χ2v) is 10.6. The Morgan fingerprint density at radius 3 is 2.50 bits per heavy atom. The van der Waals surface area contributed by atoms with Gasteiger partial charge in [-0.25, -0.2) is 0 Å². The topological polar surface area (TPSA) is 118 Å². The fraction of sp³-hybridized carbons (Fsp3) is 0.556. The standard InChI is InChI=1S/C27H32F3N5O4.ClH/c28-27(29,30)24-21(14-31-35(24)20-6-2-1-3-7-20)26-32-25(33-39-26)19-10-8-18(9-11-19)22(36)16-34-12-4-5-17(15-34)13-23(37)38;/h8-11,14,17,20,22,36H,1-7,12-13,15-16H2,(H,37,38);1H/t17-,22-;/m1./s1. The van der Waals surface area contributed by atoms with E-state index >= 15 is 0 Å². The van der Waals surface area contributed by atoms with Crippen LogP contribution in [-0.2, 0) is 11.0 Å². The smallest absolute Gasteiger partial charge is 0.433 e. The molecule has 0 radical (unpaired) electrons. The largest absolute Gasteiger partial charge is 0.481 e. The van der Waals surface area contributed by atoms with Crippen molar-refractivity contribution in [2.75, 3.05) is 19.6 Å². The van der Waals surface area contributed by atoms with Gasteiger partial charge in [0.05, 0.1) is 23.9 Å². The monoisotopic (exact) mass is 583 g/mol. The second kappa shape index (κ2) is 12.7. The van der Waals surface area contributed by atoms with Crippen LogP contribution in [0.4, 0.5) is 13.2 Å². The highest BCUT2D eigenvalue weighted by molar-refractivity contribution is 5.85. The highest BCUT2D eigenvalue weighted by Crippen LogP contribution is 2.41. The normalized spacial score (nSPS) is 19.8. The Balaban J connectivity index is 0.00000370. The molecule has 2 atom stereocenters. The summed E-state index contributed by atoms with van der Waals surface area (Å²) in [6, 6.07) is 6.51. The molecule has 13 heteroatoms. The molecular formula is C27H33ClF3N5O4. The van der Waals surface area contributed by atoms with E-state index in [0.29, 0.717) is 37.1 Å². The molecule has 0 bridgehead atoms. The number of hydrogen-bond acceptors (Lipinski definition) is 7. The van der Waals surface area contributed by atoms with Crippen molar-refractivity contribution >= 4 is 18.4 Å². The number of carboxylic acid groups (broad SMARTS) is 1. The quantitative estimate of drug-likeness (QED) is 0.343. The van der Waals surface area contributed by atoms with Gasteiger partial charge in [0, 0.05) is 25.1 Å². The molecule has 1 aliphatic carbocycles. The summed E-state index contributed by atoms with van der Waals surface area (Å²) in [7, 11) is 0. The van der Waals surface area contributed by atoms with Crippen LogP contribution in [0, 0.1) is 5.92 Å². The number of benzene rings is 1. The van der Waals surface area contributed by atoms with Gasteiger partial charge in [-0.3, -0.25) is 9.48 Å². The van der Waals surface area contributed by atoms with Gasteiger partial charge in [0.2, 0.25) is 5.82 Å². The van der Waals surface area contributed by atoms with E-state index in [0.717, 1.165) is 49.5 Å². The number of halogens is 4. The molecule has 1 aliphatic heterocycles. The van der Waals surface area contributed by atoms with Crippen LogP contribution < -0.4 is 0 Å². The maximum absolute atomic E-state index is 14.1. The van der Waals surface area contributed by atoms with Crippen LogP contribution in [0.3, 0.4) is 0 Å². The van der Waals surface area contributed by atoms with Crippen molar-refractivity contribution in [3.63, 3.8) is 0 Å². The lowest BCUT2D eigenvalue weighted by atomic mass is 9.94. The molecular weight excluding hydrogens is 551 g/mol. The highest BCUT2D eigenvalue weighted by atomic mass is 35.5. The molecule has 40 heavy (non-hydrogen) atoms. The van der Waals surface area contributed by atoms with E-state index < -0.39 is 23.9 Å². The number of hydrogen-bond donors (Lipinski definition) is 2. The first kappa shape index (κ1) is 30.0. The third kappa shape index (κ3) is 6.84. The van der Waals surface area contributed by atoms with Crippen LogP contribution in [0.2, 0.25) is 0 Å². The van der Waals surface area contributed by atoms with E-state index in [1.54, 1.807) is 24.3 Å². The zero-order valence-electron chi connectivity index (χ0n) is 21.9. The van der Waals surface area contributed by atoms with E-state index in [9.17, 15) is 23.1 Å². The van der Waals surface area contributed by atoms with Crippen molar-refractivity contribution in [2.24, 2.45) is 5.92 Å². The highest BCUT2D eigenvalue weighted by Gasteiger charge is 2.41. The van der Waals surface area contributed by atoms with E-state index in [2.05, 4.69) is 20.1 Å². The maximum Gasteiger partial charge on any atom is 0.433 e. The summed E-state index contributed by atoms with van der Waals surface area (Å²) in [5.41, 5.74) is 0.0950. The third-order valence-corrected chi connectivity index (χ3v) is 7.69. The van der Waals surface area contributed by atoms with Gasteiger partial charge >= 0.3 is 12.1 Å². The Morgan fingerprint density at radius 1 is 1.10 bits per heavy atom. The average molecular weight is 584 g/mol. The minimum atomic E-state index is -4.63. The Bertz CT molecular complexity index is 1270. The van der Waals surface area contributed by atoms with Crippen molar-refractivity contribution in [3.8, 4) is 22.8 Å². The summed E-state index contributed by atoms with van der Waals surface area (Å²) < 4.78 is 48.5. The number of piperidine rings is 1. The maximum atomic E-state index is 14.1. The van der Waals surface area contributed by atoms with Gasteiger partial charge in [0.1, 0.15) is 0 Å². The Hall–Kier alpha value is -2.96. The van der Waals surface area contributed by atoms with E-state index in [-0.39, 0.29) is 48.1 Å². The first-order chi connectivity index (χ1) is 18.7. The number of β-amino-alcohol motifs (C(OH)–C–C–N with tert-alkyl or cyclic N) is 1. The molecule has 1 aromatic carbocycles. The van der Waals surface area contributed by atoms with Crippen LogP contribution >= 0.6 is 12.4 Å². The minimum Gasteiger partial charge on any atom is -0.481 e. The molecule has 0 unspecified atom stereocenters. The molecule has 218 valence electrons. The van der Waals surface area contributed by atoms with Gasteiger partial charge in [-0.15, -0.1) is 12.4 Å². The number of aliphatic carboxylic acids is 1. The molecule has 5 rings (SSSR count). The molecule has 2 aromatic heterocycles. The number of carbonyl (C=O) groups is 1. The van der Waals surface area contributed by atoms with Crippen LogP contribution in [0.1, 0.15) is 74.8 Å². The average Bonchev–Trinajstić information content (AvgIpc) is 3.57. The molecule has 0 amide bonds. The van der Waals surface area contributed by atoms with Crippen LogP contribution in [-0.4, -0.2) is 60.6 Å². The van der Waals surface area contributed by atoms with E-state index in [4.69, 9.17) is 9.63 Å². The Labute approximate surface area is 235 Å². The molecule has 0 spiro atoms. The van der Waals surface area contributed by atoms with Gasteiger partial charge in [-0.2, -0.15) is 23.3 Å². The van der Waals surface area contributed by atoms with E-state index in [1.165, 1.54) is 0 Å². The summed E-state index contributed by atoms with van der Waals surface area (Å²) in [6.07, 6.45) is 1.68. The minimum absolute atomic E-state index is 0. The number of aliphatic hydroxyl groups is 1. The van der Waals surface area contributed by atoms with Crippen molar-refractivity contribution < 1.29 is 32.7 Å². The number of rotatable bonds is 8. The van der Waals surface area contributed by atoms with Crippen molar-refractivity contribution in [1.29, 1.82) is 0 Å². The second-order valence-electron chi connectivity index (χ2n) is 10.6. The fourth-order valence-corrected chi connectivity index (χ4v) is 5.79. The first-order valence-corrected chi connectivity index (χ1v) is 13.4. The lowest BCUT2D eigenvalue weighted by molar-refractivity contribution is -0.145. The van der Waals surface area contributed by atoms with Gasteiger partial charge in [0.15, 0.2) is 5.69 Å². The molecule has 2 N–H and O–H groups in total. The zero-order valence-corrected chi connectivity index (χ0v) is 22.7. The van der Waals surface area contributed by atoms with Gasteiger partial charge in [-0.05, 0) is 43.7 Å². The number of nitrogens with zero attached hydrogens (tertiary/aromatic N) is 5. The molecule has 2 aliphatic rings. The van der Waals surface area contributed by atoms with Crippen molar-refractivity contribution in [3.05, 3.63) is 41.7 Å². The lowest BCUT2D eigenvalue weighted by Gasteiger charge is -2.33. The SMILES string of the molecule is Cl.O=C(O)C[C@H]1CCCN(C[C@@H](O)c2ccc(-c3noc(-c4cnn(C5CCCCC5)c4C(F)(F)F)n3)cc2)C1. The number of likely N-dealkylation sites (tertiary alicyclic amines) is 1. The lowest BCUT2D eigenvalue weighted by Crippen LogP contribution is -2.38. The molecule has 9 nitrogen and oxygen atoms in total. The number of aliphatic hydroxyl groups excluding tert-OH is 1. The predicted molar refractivity (Wildman–Crippen MR) is 142 cm³/mol. The number of alkyl halides is 3. The molecule has 3 heterocycles. The van der Waals surface area contributed by atoms with Crippen LogP contribution in [0.25, 0.3) is 22.8 Å². The summed E-state index contributed by atoms with van der Waals surface area (Å²) in [6.45, 7) is 1.81. The van der Waals surface area contributed by atoms with Crippen molar-refractivity contribution in [2.45, 2.75) is 69.7 Å². The van der Waals surface area contributed by atoms with Gasteiger partial charge in [-0.1, -0.05) is 48.7 Å². The summed E-state index contributed by atoms with van der Waals surface area (Å²) in [5, 5.41) is 27.8.